The summed E-state index contributed by atoms with van der Waals surface area (Å²) in [5.74, 6) is 5.26. The number of nitrogens with zero attached hydrogens (tertiary/aromatic N) is 1. The first-order chi connectivity index (χ1) is 10.0. The van der Waals surface area contributed by atoms with Crippen LogP contribution in [-0.2, 0) is 6.54 Å². The molecule has 0 radical (unpaired) electrons. The minimum atomic E-state index is -0.292. The maximum absolute atomic E-state index is 11.5. The summed E-state index contributed by atoms with van der Waals surface area (Å²) >= 11 is 3.52. The molecule has 1 aromatic rings. The number of halogens is 1. The van der Waals surface area contributed by atoms with Crippen LogP contribution in [0, 0.1) is 5.92 Å². The zero-order valence-corrected chi connectivity index (χ0v) is 13.8. The Kier molecular flexibility index (Phi) is 5.75. The monoisotopic (exact) mass is 355 g/mol. The first-order valence-corrected chi connectivity index (χ1v) is 8.00. The lowest BCUT2D eigenvalue weighted by Gasteiger charge is -2.33. The second-order valence-electron chi connectivity index (χ2n) is 5.63. The molecule has 116 valence electrons. The minimum absolute atomic E-state index is 0.215. The second-order valence-corrected chi connectivity index (χ2v) is 6.49. The van der Waals surface area contributed by atoms with Crippen molar-refractivity contribution in [2.75, 3.05) is 13.1 Å². The Bertz CT molecular complexity index is 500. The van der Waals surface area contributed by atoms with Gasteiger partial charge in [0.2, 0.25) is 0 Å². The van der Waals surface area contributed by atoms with E-state index in [0.717, 1.165) is 42.5 Å². The van der Waals surface area contributed by atoms with E-state index >= 15 is 0 Å². The third-order valence-corrected chi connectivity index (χ3v) is 4.89. The van der Waals surface area contributed by atoms with Gasteiger partial charge in [0.15, 0.2) is 0 Å². The number of nitrogens with one attached hydrogen (secondary N) is 1. The first-order valence-electron chi connectivity index (χ1n) is 7.21. The molecule has 0 aliphatic carbocycles. The summed E-state index contributed by atoms with van der Waals surface area (Å²) in [5, 5.41) is 9.63. The third kappa shape index (κ3) is 4.26. The minimum Gasteiger partial charge on any atom is -0.393 e. The van der Waals surface area contributed by atoms with E-state index in [1.807, 2.05) is 13.0 Å². The van der Waals surface area contributed by atoms with E-state index in [1.54, 1.807) is 12.1 Å². The van der Waals surface area contributed by atoms with Crippen molar-refractivity contribution in [3.05, 3.63) is 33.8 Å². The molecule has 0 aromatic heterocycles. The van der Waals surface area contributed by atoms with Crippen molar-refractivity contribution in [1.82, 2.24) is 10.3 Å². The van der Waals surface area contributed by atoms with Gasteiger partial charge >= 0.3 is 0 Å². The van der Waals surface area contributed by atoms with Gasteiger partial charge in [-0.2, -0.15) is 0 Å². The van der Waals surface area contributed by atoms with E-state index in [9.17, 15) is 9.90 Å². The lowest BCUT2D eigenvalue weighted by Crippen LogP contribution is -2.36. The van der Waals surface area contributed by atoms with Crippen molar-refractivity contribution in [2.45, 2.75) is 32.4 Å². The lowest BCUT2D eigenvalue weighted by molar-refractivity contribution is 0.0695. The Morgan fingerprint density at radius 3 is 2.71 bits per heavy atom. The van der Waals surface area contributed by atoms with Gasteiger partial charge in [-0.1, -0.05) is 22.0 Å². The van der Waals surface area contributed by atoms with Crippen LogP contribution in [0.5, 0.6) is 0 Å². The number of nitrogens with two attached hydrogens (primary N) is 1. The number of amides is 1. The lowest BCUT2D eigenvalue weighted by atomic mass is 9.92. The topological polar surface area (TPSA) is 78.6 Å². The molecule has 1 aliphatic heterocycles. The Morgan fingerprint density at radius 2 is 2.19 bits per heavy atom. The molecule has 1 fully saturated rings. The molecule has 0 saturated carbocycles. The summed E-state index contributed by atoms with van der Waals surface area (Å²) in [4.78, 5) is 13.9. The summed E-state index contributed by atoms with van der Waals surface area (Å²) < 4.78 is 0.918. The smallest absolute Gasteiger partial charge is 0.265 e. The fourth-order valence-corrected chi connectivity index (χ4v) is 3.24. The van der Waals surface area contributed by atoms with Gasteiger partial charge in [-0.05, 0) is 56.5 Å². The number of hydrazine groups is 1. The van der Waals surface area contributed by atoms with E-state index in [-0.39, 0.29) is 12.0 Å². The summed E-state index contributed by atoms with van der Waals surface area (Å²) in [6, 6.07) is 5.53. The second kappa shape index (κ2) is 7.35. The maximum Gasteiger partial charge on any atom is 0.265 e. The number of carbonyl (C=O) groups excluding carboxylic acids is 1. The fourth-order valence-electron chi connectivity index (χ4n) is 2.73. The van der Waals surface area contributed by atoms with Crippen LogP contribution in [0.15, 0.2) is 22.7 Å². The van der Waals surface area contributed by atoms with Crippen molar-refractivity contribution in [2.24, 2.45) is 11.8 Å². The molecule has 1 saturated heterocycles. The number of hydrogen-bond donors (Lipinski definition) is 3. The first kappa shape index (κ1) is 16.4. The number of piperidine rings is 1. The highest BCUT2D eigenvalue weighted by Gasteiger charge is 2.23. The number of nitrogen functional groups attached to an aromatic ring is 1. The molecule has 6 heteroatoms. The zero-order chi connectivity index (χ0) is 15.4. The normalized spacial score (nSPS) is 18.5. The molecule has 1 heterocycles. The largest absolute Gasteiger partial charge is 0.393 e. The molecule has 1 aliphatic rings. The molecular formula is C15H22BrN3O2. The summed E-state index contributed by atoms with van der Waals surface area (Å²) in [7, 11) is 0. The summed E-state index contributed by atoms with van der Waals surface area (Å²) in [6.45, 7) is 4.70. The van der Waals surface area contributed by atoms with Gasteiger partial charge in [0.05, 0.1) is 6.10 Å². The van der Waals surface area contributed by atoms with E-state index in [4.69, 9.17) is 5.84 Å². The fraction of sp³-hybridized carbons (Fsp3) is 0.533. The number of likely N-dealkylation sites (tertiary alicyclic amines) is 1. The summed E-state index contributed by atoms with van der Waals surface area (Å²) in [6.07, 6.45) is 1.85. The van der Waals surface area contributed by atoms with Crippen LogP contribution in [0.25, 0.3) is 0 Å². The predicted octanol–water partition coefficient (Wildman–Crippen LogP) is 1.65. The maximum atomic E-state index is 11.5. The van der Waals surface area contributed by atoms with Crippen molar-refractivity contribution < 1.29 is 9.90 Å². The van der Waals surface area contributed by atoms with Crippen LogP contribution >= 0.6 is 15.9 Å². The molecule has 1 atom stereocenters. The number of benzene rings is 1. The van der Waals surface area contributed by atoms with E-state index in [1.165, 1.54) is 0 Å². The zero-order valence-electron chi connectivity index (χ0n) is 12.2. The molecule has 0 spiro atoms. The van der Waals surface area contributed by atoms with Crippen LogP contribution in [0.2, 0.25) is 0 Å². The number of carbonyl (C=O) groups is 1. The summed E-state index contributed by atoms with van der Waals surface area (Å²) in [5.41, 5.74) is 3.83. The van der Waals surface area contributed by atoms with Gasteiger partial charge < -0.3 is 5.11 Å². The standard InChI is InChI=1S/C15H22BrN3O2/c1-10(20)11-4-6-19(7-5-11)9-13-3-2-12(8-14(13)16)15(21)18-17/h2-3,8,10-11,20H,4-7,9,17H2,1H3,(H,18,21). The van der Waals surface area contributed by atoms with Gasteiger partial charge in [-0.15, -0.1) is 0 Å². The highest BCUT2D eigenvalue weighted by Crippen LogP contribution is 2.25. The van der Waals surface area contributed by atoms with Gasteiger partial charge in [0.25, 0.3) is 5.91 Å². The van der Waals surface area contributed by atoms with Crippen LogP contribution in [0.1, 0.15) is 35.7 Å². The van der Waals surface area contributed by atoms with Crippen LogP contribution in [0.3, 0.4) is 0 Å². The third-order valence-electron chi connectivity index (χ3n) is 4.15. The van der Waals surface area contributed by atoms with Crippen LogP contribution in [0.4, 0.5) is 0 Å². The molecule has 2 rings (SSSR count). The van der Waals surface area contributed by atoms with Gasteiger partial charge in [-0.25, -0.2) is 5.84 Å². The molecule has 5 nitrogen and oxygen atoms in total. The Hall–Kier alpha value is -0.950. The van der Waals surface area contributed by atoms with Crippen LogP contribution in [-0.4, -0.2) is 35.1 Å². The van der Waals surface area contributed by atoms with Gasteiger partial charge in [0, 0.05) is 16.6 Å². The van der Waals surface area contributed by atoms with Gasteiger partial charge in [0.1, 0.15) is 0 Å². The van der Waals surface area contributed by atoms with Crippen molar-refractivity contribution >= 4 is 21.8 Å². The Morgan fingerprint density at radius 1 is 1.52 bits per heavy atom. The molecule has 21 heavy (non-hydrogen) atoms. The Balaban J connectivity index is 1.96. The van der Waals surface area contributed by atoms with E-state index in [0.29, 0.717) is 11.5 Å². The molecule has 4 N–H and O–H groups in total. The Labute approximate surface area is 133 Å². The van der Waals surface area contributed by atoms with Gasteiger partial charge in [-0.3, -0.25) is 15.1 Å². The quantitative estimate of drug-likeness (QED) is 0.436. The number of aliphatic hydroxyl groups excluding tert-OH is 1. The predicted molar refractivity (Wildman–Crippen MR) is 85.5 cm³/mol. The van der Waals surface area contributed by atoms with Crippen LogP contribution < -0.4 is 11.3 Å². The SMILES string of the molecule is CC(O)C1CCN(Cc2ccc(C(=O)NN)cc2Br)CC1. The highest BCUT2D eigenvalue weighted by molar-refractivity contribution is 9.10. The molecule has 1 aromatic carbocycles. The van der Waals surface area contributed by atoms with Crippen molar-refractivity contribution in [1.29, 1.82) is 0 Å². The molecule has 1 unspecified atom stereocenters. The molecular weight excluding hydrogens is 334 g/mol. The number of aliphatic hydroxyl groups is 1. The highest BCUT2D eigenvalue weighted by atomic mass is 79.9. The number of rotatable bonds is 4. The molecule has 0 bridgehead atoms. The average Bonchev–Trinajstić information content (AvgIpc) is 2.49. The van der Waals surface area contributed by atoms with Crippen molar-refractivity contribution in [3.63, 3.8) is 0 Å². The van der Waals surface area contributed by atoms with Crippen molar-refractivity contribution in [3.8, 4) is 0 Å². The molecule has 1 amide bonds. The number of hydrogen-bond acceptors (Lipinski definition) is 4. The van der Waals surface area contributed by atoms with E-state index in [2.05, 4.69) is 26.3 Å². The average molecular weight is 356 g/mol. The van der Waals surface area contributed by atoms with E-state index < -0.39 is 0 Å².